The molecule has 2 aromatic carbocycles. The molecular weight excluding hydrogens is 298 g/mol. The molecule has 0 saturated heterocycles. The topological polar surface area (TPSA) is 88.8 Å². The van der Waals surface area contributed by atoms with Crippen molar-refractivity contribution in [3.05, 3.63) is 64.5 Å². The van der Waals surface area contributed by atoms with Crippen LogP contribution in [0.15, 0.2) is 57.7 Å². The Bertz CT molecular complexity index is 945. The number of ether oxygens (including phenoxy) is 1. The van der Waals surface area contributed by atoms with Crippen molar-refractivity contribution < 1.29 is 19.1 Å². The van der Waals surface area contributed by atoms with Crippen LogP contribution in [0.4, 0.5) is 5.69 Å². The molecule has 0 radical (unpaired) electrons. The van der Waals surface area contributed by atoms with Gasteiger partial charge in [0.05, 0.1) is 7.11 Å². The predicted molar refractivity (Wildman–Crippen MR) is 85.1 cm³/mol. The van der Waals surface area contributed by atoms with Gasteiger partial charge in [-0.2, -0.15) is 0 Å². The Hall–Kier alpha value is -3.28. The van der Waals surface area contributed by atoms with Gasteiger partial charge in [-0.1, -0.05) is 6.07 Å². The largest absolute Gasteiger partial charge is 0.508 e. The van der Waals surface area contributed by atoms with Crippen molar-refractivity contribution in [1.29, 1.82) is 0 Å². The summed E-state index contributed by atoms with van der Waals surface area (Å²) in [6.07, 6.45) is 0. The van der Waals surface area contributed by atoms with Crippen LogP contribution in [0.1, 0.15) is 10.4 Å². The van der Waals surface area contributed by atoms with Gasteiger partial charge in [-0.05, 0) is 30.3 Å². The highest BCUT2D eigenvalue weighted by Crippen LogP contribution is 2.20. The summed E-state index contributed by atoms with van der Waals surface area (Å²) in [4.78, 5) is 24.2. The summed E-state index contributed by atoms with van der Waals surface area (Å²) < 4.78 is 10.2. The van der Waals surface area contributed by atoms with Gasteiger partial charge >= 0.3 is 5.63 Å². The van der Waals surface area contributed by atoms with Gasteiger partial charge in [0, 0.05) is 23.2 Å². The Balaban J connectivity index is 1.95. The predicted octanol–water partition coefficient (Wildman–Crippen LogP) is 2.76. The van der Waals surface area contributed by atoms with Crippen LogP contribution in [-0.4, -0.2) is 18.1 Å². The van der Waals surface area contributed by atoms with Crippen molar-refractivity contribution in [2.45, 2.75) is 0 Å². The lowest BCUT2D eigenvalue weighted by Gasteiger charge is -2.07. The first kappa shape index (κ1) is 14.6. The summed E-state index contributed by atoms with van der Waals surface area (Å²) in [5.74, 6) is -0.0139. The van der Waals surface area contributed by atoms with Gasteiger partial charge in [-0.25, -0.2) is 4.79 Å². The van der Waals surface area contributed by atoms with Gasteiger partial charge in [-0.3, -0.25) is 4.79 Å². The van der Waals surface area contributed by atoms with Crippen LogP contribution in [-0.2, 0) is 0 Å². The van der Waals surface area contributed by atoms with E-state index in [0.29, 0.717) is 16.8 Å². The number of carbonyl (C=O) groups is 1. The van der Waals surface area contributed by atoms with E-state index in [4.69, 9.17) is 9.15 Å². The highest BCUT2D eigenvalue weighted by Gasteiger charge is 2.14. The van der Waals surface area contributed by atoms with Crippen molar-refractivity contribution in [3.63, 3.8) is 0 Å². The Morgan fingerprint density at radius 1 is 1.17 bits per heavy atom. The number of hydrogen-bond acceptors (Lipinski definition) is 5. The maximum atomic E-state index is 12.3. The van der Waals surface area contributed by atoms with E-state index in [1.165, 1.54) is 25.3 Å². The zero-order chi connectivity index (χ0) is 16.4. The second-order valence-electron chi connectivity index (χ2n) is 4.86. The molecule has 0 bridgehead atoms. The van der Waals surface area contributed by atoms with Gasteiger partial charge in [0.15, 0.2) is 0 Å². The maximum Gasteiger partial charge on any atom is 0.349 e. The van der Waals surface area contributed by atoms with Crippen molar-refractivity contribution >= 4 is 22.6 Å². The average molecular weight is 311 g/mol. The number of hydrogen-bond donors (Lipinski definition) is 2. The number of carbonyl (C=O) groups excluding carboxylic acids is 1. The molecule has 0 unspecified atom stereocenters. The number of anilines is 1. The number of nitrogens with one attached hydrogen (secondary N) is 1. The third-order valence-corrected chi connectivity index (χ3v) is 3.29. The average Bonchev–Trinajstić information content (AvgIpc) is 2.54. The molecule has 6 nitrogen and oxygen atoms in total. The smallest absolute Gasteiger partial charge is 0.349 e. The van der Waals surface area contributed by atoms with Crippen molar-refractivity contribution in [2.75, 3.05) is 12.4 Å². The van der Waals surface area contributed by atoms with Gasteiger partial charge in [0.1, 0.15) is 22.6 Å². The first-order chi connectivity index (χ1) is 11.1. The summed E-state index contributed by atoms with van der Waals surface area (Å²) in [6, 6.07) is 12.5. The Morgan fingerprint density at radius 3 is 2.78 bits per heavy atom. The molecule has 2 N–H and O–H groups in total. The third kappa shape index (κ3) is 3.01. The fraction of sp³-hybridized carbons (Fsp3) is 0.0588. The highest BCUT2D eigenvalue weighted by atomic mass is 16.5. The summed E-state index contributed by atoms with van der Waals surface area (Å²) in [6.45, 7) is 0. The molecule has 116 valence electrons. The van der Waals surface area contributed by atoms with Crippen LogP contribution in [0.25, 0.3) is 11.0 Å². The van der Waals surface area contributed by atoms with Crippen LogP contribution < -0.4 is 15.7 Å². The fourth-order valence-electron chi connectivity index (χ4n) is 2.16. The normalized spacial score (nSPS) is 10.5. The number of methoxy groups -OCH3 is 1. The van der Waals surface area contributed by atoms with E-state index < -0.39 is 11.5 Å². The van der Waals surface area contributed by atoms with E-state index >= 15 is 0 Å². The van der Waals surface area contributed by atoms with Gasteiger partial charge in [0.2, 0.25) is 0 Å². The molecule has 0 aliphatic carbocycles. The summed E-state index contributed by atoms with van der Waals surface area (Å²) in [5, 5.41) is 12.6. The van der Waals surface area contributed by atoms with Crippen LogP contribution in [0.3, 0.4) is 0 Å². The zero-order valence-electron chi connectivity index (χ0n) is 12.2. The van der Waals surface area contributed by atoms with Crippen LogP contribution in [0.2, 0.25) is 0 Å². The molecule has 6 heteroatoms. The van der Waals surface area contributed by atoms with E-state index in [2.05, 4.69) is 5.32 Å². The molecule has 0 fully saturated rings. The molecule has 0 aliphatic rings. The first-order valence-electron chi connectivity index (χ1n) is 6.79. The molecule has 3 aromatic rings. The Labute approximate surface area is 130 Å². The first-order valence-corrected chi connectivity index (χ1v) is 6.79. The SMILES string of the molecule is COc1cccc(NC(=O)c2cc3ccc(O)cc3oc2=O)c1. The Morgan fingerprint density at radius 2 is 2.00 bits per heavy atom. The molecule has 0 atom stereocenters. The molecule has 3 rings (SSSR count). The minimum Gasteiger partial charge on any atom is -0.508 e. The number of benzene rings is 2. The van der Waals surface area contributed by atoms with E-state index in [1.54, 1.807) is 30.3 Å². The third-order valence-electron chi connectivity index (χ3n) is 3.29. The zero-order valence-corrected chi connectivity index (χ0v) is 12.2. The van der Waals surface area contributed by atoms with Gasteiger partial charge in [0.25, 0.3) is 5.91 Å². The standard InChI is InChI=1S/C17H13NO5/c1-22-13-4-2-3-11(8-13)18-16(20)14-7-10-5-6-12(19)9-15(10)23-17(14)21/h2-9,19H,1H3,(H,18,20). The van der Waals surface area contributed by atoms with E-state index in [-0.39, 0.29) is 16.9 Å². The minimum absolute atomic E-state index is 0.0192. The molecular formula is C17H13NO5. The summed E-state index contributed by atoms with van der Waals surface area (Å²) >= 11 is 0. The lowest BCUT2D eigenvalue weighted by molar-refractivity contribution is 0.102. The number of fused-ring (bicyclic) bond motifs is 1. The molecule has 1 amide bonds. The van der Waals surface area contributed by atoms with Crippen LogP contribution in [0, 0.1) is 0 Å². The maximum absolute atomic E-state index is 12.3. The van der Waals surface area contributed by atoms with Crippen LogP contribution >= 0.6 is 0 Å². The van der Waals surface area contributed by atoms with Gasteiger partial charge in [-0.15, -0.1) is 0 Å². The highest BCUT2D eigenvalue weighted by molar-refractivity contribution is 6.05. The van der Waals surface area contributed by atoms with Gasteiger partial charge < -0.3 is 19.6 Å². The molecule has 0 aliphatic heterocycles. The lowest BCUT2D eigenvalue weighted by atomic mass is 10.1. The van der Waals surface area contributed by atoms with Crippen molar-refractivity contribution in [2.24, 2.45) is 0 Å². The molecule has 0 saturated carbocycles. The summed E-state index contributed by atoms with van der Waals surface area (Å²) in [7, 11) is 1.52. The second kappa shape index (κ2) is 5.84. The molecule has 1 heterocycles. The second-order valence-corrected chi connectivity index (χ2v) is 4.86. The minimum atomic E-state index is -0.775. The van der Waals surface area contributed by atoms with E-state index in [0.717, 1.165) is 0 Å². The number of aromatic hydroxyl groups is 1. The number of phenols is 1. The molecule has 1 aromatic heterocycles. The lowest BCUT2D eigenvalue weighted by Crippen LogP contribution is -2.20. The quantitative estimate of drug-likeness (QED) is 0.726. The molecule has 23 heavy (non-hydrogen) atoms. The van der Waals surface area contributed by atoms with E-state index in [1.807, 2.05) is 0 Å². The number of rotatable bonds is 3. The van der Waals surface area contributed by atoms with Crippen molar-refractivity contribution in [1.82, 2.24) is 0 Å². The number of phenolic OH excluding ortho intramolecular Hbond substituents is 1. The van der Waals surface area contributed by atoms with E-state index in [9.17, 15) is 14.7 Å². The monoisotopic (exact) mass is 311 g/mol. The number of amides is 1. The van der Waals surface area contributed by atoms with Crippen LogP contribution in [0.5, 0.6) is 11.5 Å². The van der Waals surface area contributed by atoms with Crippen molar-refractivity contribution in [3.8, 4) is 11.5 Å². The fourth-order valence-corrected chi connectivity index (χ4v) is 2.16. The Kier molecular flexibility index (Phi) is 3.72. The molecule has 0 spiro atoms. The summed E-state index contributed by atoms with van der Waals surface area (Å²) in [5.41, 5.74) is -0.179.